The molecule has 4 aliphatic heterocycles. The number of nitrogens with one attached hydrogen (secondary N) is 2. The summed E-state index contributed by atoms with van der Waals surface area (Å²) >= 11 is 12.6. The van der Waals surface area contributed by atoms with Crippen molar-refractivity contribution in [1.29, 1.82) is 0 Å². The molecule has 0 saturated carbocycles. The van der Waals surface area contributed by atoms with E-state index in [1.165, 1.54) is 20.0 Å². The van der Waals surface area contributed by atoms with Gasteiger partial charge < -0.3 is 25.2 Å². The van der Waals surface area contributed by atoms with Gasteiger partial charge in [0.1, 0.15) is 11.9 Å². The van der Waals surface area contributed by atoms with Crippen LogP contribution in [-0.4, -0.2) is 84.9 Å². The van der Waals surface area contributed by atoms with Crippen molar-refractivity contribution in [3.63, 3.8) is 0 Å². The van der Waals surface area contributed by atoms with Crippen molar-refractivity contribution in [2.75, 3.05) is 46.4 Å². The molecule has 2 N–H and O–H groups in total. The number of amides is 1. The van der Waals surface area contributed by atoms with Crippen molar-refractivity contribution >= 4 is 40.8 Å². The average molecular weight is 549 g/mol. The third kappa shape index (κ3) is 5.54. The minimum Gasteiger partial charge on any atom is -0.453 e. The van der Waals surface area contributed by atoms with Crippen molar-refractivity contribution in [2.45, 2.75) is 38.8 Å². The zero-order chi connectivity index (χ0) is 26.1. The van der Waals surface area contributed by atoms with E-state index in [1.807, 2.05) is 30.3 Å². The van der Waals surface area contributed by atoms with Crippen LogP contribution in [0.3, 0.4) is 0 Å². The fourth-order valence-corrected chi connectivity index (χ4v) is 6.27. The molecule has 0 spiro atoms. The van der Waals surface area contributed by atoms with Gasteiger partial charge in [0.15, 0.2) is 5.84 Å². The van der Waals surface area contributed by atoms with Crippen LogP contribution in [0.2, 0.25) is 10.0 Å². The molecule has 11 heteroatoms. The van der Waals surface area contributed by atoms with Crippen LogP contribution in [0, 0.1) is 11.8 Å². The van der Waals surface area contributed by atoms with Crippen LogP contribution in [0.25, 0.3) is 0 Å². The lowest BCUT2D eigenvalue weighted by molar-refractivity contribution is 0.0422. The van der Waals surface area contributed by atoms with Crippen LogP contribution in [0.1, 0.15) is 38.3 Å². The summed E-state index contributed by atoms with van der Waals surface area (Å²) in [5.74, 6) is 3.18. The van der Waals surface area contributed by atoms with Gasteiger partial charge in [-0.05, 0) is 62.8 Å². The van der Waals surface area contributed by atoms with Crippen molar-refractivity contribution in [3.05, 3.63) is 45.8 Å². The van der Waals surface area contributed by atoms with Crippen LogP contribution >= 0.6 is 23.2 Å². The largest absolute Gasteiger partial charge is 0.453 e. The number of piperidine rings is 1. The van der Waals surface area contributed by atoms with Gasteiger partial charge in [-0.25, -0.2) is 14.8 Å². The van der Waals surface area contributed by atoms with Crippen molar-refractivity contribution in [2.24, 2.45) is 21.9 Å². The first-order valence-electron chi connectivity index (χ1n) is 13.0. The van der Waals surface area contributed by atoms with E-state index in [2.05, 4.69) is 32.1 Å². The molecule has 3 unspecified atom stereocenters. The van der Waals surface area contributed by atoms with Crippen molar-refractivity contribution in [1.82, 2.24) is 25.4 Å². The van der Waals surface area contributed by atoms with Crippen LogP contribution in [-0.2, 0) is 4.74 Å². The molecule has 0 aliphatic carbocycles. The maximum absolute atomic E-state index is 11.3. The lowest BCUT2D eigenvalue weighted by atomic mass is 9.80. The second-order valence-electron chi connectivity index (χ2n) is 10.3. The van der Waals surface area contributed by atoms with E-state index in [-0.39, 0.29) is 18.2 Å². The Labute approximate surface area is 228 Å². The number of hydrogen-bond donors (Lipinski definition) is 2. The van der Waals surface area contributed by atoms with Crippen molar-refractivity contribution in [3.8, 4) is 0 Å². The molecule has 2 saturated heterocycles. The maximum Gasteiger partial charge on any atom is 0.406 e. The summed E-state index contributed by atoms with van der Waals surface area (Å²) in [7, 11) is 1.39. The molecule has 1 aromatic carbocycles. The van der Waals surface area contributed by atoms with E-state index in [0.717, 1.165) is 55.7 Å². The summed E-state index contributed by atoms with van der Waals surface area (Å²) in [5, 5.41) is 14.3. The first kappa shape index (κ1) is 26.1. The highest BCUT2D eigenvalue weighted by Crippen LogP contribution is 2.36. The Balaban J connectivity index is 1.19. The maximum atomic E-state index is 11.3. The topological polar surface area (TPSA) is 84.8 Å². The highest BCUT2D eigenvalue weighted by molar-refractivity contribution is 6.35. The average Bonchev–Trinajstić information content (AvgIpc) is 3.19. The fourth-order valence-electron chi connectivity index (χ4n) is 5.70. The predicted molar refractivity (Wildman–Crippen MR) is 147 cm³/mol. The minimum atomic E-state index is -0.367. The summed E-state index contributed by atoms with van der Waals surface area (Å²) < 4.78 is 4.66. The highest BCUT2D eigenvalue weighted by Gasteiger charge is 2.40. The molecule has 5 rings (SSSR count). The van der Waals surface area contributed by atoms with E-state index in [9.17, 15) is 4.79 Å². The molecular weight excluding hydrogens is 513 g/mol. The van der Waals surface area contributed by atoms with Gasteiger partial charge >= 0.3 is 6.09 Å². The van der Waals surface area contributed by atoms with Crippen LogP contribution in [0.4, 0.5) is 4.79 Å². The van der Waals surface area contributed by atoms with Gasteiger partial charge in [0, 0.05) is 49.0 Å². The molecule has 200 valence electrons. The molecule has 2 fully saturated rings. The lowest BCUT2D eigenvalue weighted by Crippen LogP contribution is -2.54. The number of rotatable bonds is 7. The first-order valence-corrected chi connectivity index (χ1v) is 13.7. The van der Waals surface area contributed by atoms with Gasteiger partial charge in [-0.15, -0.1) is 0 Å². The number of carbonyl (C=O) groups is 1. The number of hydrazone groups is 1. The number of halogens is 2. The lowest BCUT2D eigenvalue weighted by Gasteiger charge is -2.48. The molecule has 3 atom stereocenters. The Bertz CT molecular complexity index is 1120. The molecule has 0 bridgehead atoms. The van der Waals surface area contributed by atoms with Gasteiger partial charge in [0.05, 0.1) is 18.9 Å². The number of alkyl carbamates (subject to hydrolysis) is 1. The van der Waals surface area contributed by atoms with Gasteiger partial charge in [-0.3, -0.25) is 0 Å². The van der Waals surface area contributed by atoms with E-state index in [0.29, 0.717) is 28.4 Å². The fraction of sp³-hybridized carbons (Fsp3) is 0.577. The summed E-state index contributed by atoms with van der Waals surface area (Å²) in [4.78, 5) is 21.2. The Morgan fingerprint density at radius 3 is 2.84 bits per heavy atom. The van der Waals surface area contributed by atoms with Gasteiger partial charge in [-0.2, -0.15) is 5.10 Å². The number of ether oxygens (including phenoxy) is 1. The molecular formula is C26H35Cl2N7O2. The SMILES string of the molecule is COC(=O)NCCN1CCCC(C2CN(C3=CNC4C(C)=NN(C(C)c5ccc(Cl)cc5Cl)C4=N3)C2)C1. The molecule has 0 radical (unpaired) electrons. The van der Waals surface area contributed by atoms with Gasteiger partial charge in [-0.1, -0.05) is 29.3 Å². The smallest absolute Gasteiger partial charge is 0.406 e. The van der Waals surface area contributed by atoms with Gasteiger partial charge in [0.2, 0.25) is 0 Å². The zero-order valence-corrected chi connectivity index (χ0v) is 23.1. The Morgan fingerprint density at radius 2 is 2.08 bits per heavy atom. The number of hydrogen-bond acceptors (Lipinski definition) is 8. The third-order valence-electron chi connectivity index (χ3n) is 7.89. The second-order valence-corrected chi connectivity index (χ2v) is 11.1. The Kier molecular flexibility index (Phi) is 7.83. The number of likely N-dealkylation sites (tertiary alicyclic amines) is 2. The van der Waals surface area contributed by atoms with E-state index in [4.69, 9.17) is 33.3 Å². The number of methoxy groups -OCH3 is 1. The number of carbonyl (C=O) groups excluding carboxylic acids is 1. The number of nitrogens with zero attached hydrogens (tertiary/aromatic N) is 5. The van der Waals surface area contributed by atoms with Crippen LogP contribution in [0.15, 0.2) is 40.3 Å². The van der Waals surface area contributed by atoms with Gasteiger partial charge in [0.25, 0.3) is 0 Å². The monoisotopic (exact) mass is 547 g/mol. The summed E-state index contributed by atoms with van der Waals surface area (Å²) in [6.07, 6.45) is 4.12. The van der Waals surface area contributed by atoms with E-state index < -0.39 is 0 Å². The molecule has 1 aromatic rings. The normalized spacial score (nSPS) is 24.8. The van der Waals surface area contributed by atoms with E-state index in [1.54, 1.807) is 6.07 Å². The molecule has 37 heavy (non-hydrogen) atoms. The number of fused-ring (bicyclic) bond motifs is 1. The third-order valence-corrected chi connectivity index (χ3v) is 8.45. The minimum absolute atomic E-state index is 0.0279. The van der Waals surface area contributed by atoms with E-state index >= 15 is 0 Å². The first-order chi connectivity index (χ1) is 17.8. The quantitative estimate of drug-likeness (QED) is 0.538. The molecule has 4 heterocycles. The van der Waals surface area contributed by atoms with Crippen molar-refractivity contribution < 1.29 is 9.53 Å². The zero-order valence-electron chi connectivity index (χ0n) is 21.6. The second kappa shape index (κ2) is 11.1. The number of aliphatic imine (C=N–C) groups is 1. The molecule has 4 aliphatic rings. The predicted octanol–water partition coefficient (Wildman–Crippen LogP) is 3.91. The Hall–Kier alpha value is -2.49. The highest BCUT2D eigenvalue weighted by atomic mass is 35.5. The summed E-state index contributed by atoms with van der Waals surface area (Å²) in [6, 6.07) is 5.49. The number of benzene rings is 1. The molecule has 0 aromatic heterocycles. The Morgan fingerprint density at radius 1 is 1.27 bits per heavy atom. The molecule has 9 nitrogen and oxygen atoms in total. The summed E-state index contributed by atoms with van der Waals surface area (Å²) in [5.41, 5.74) is 1.95. The summed E-state index contributed by atoms with van der Waals surface area (Å²) in [6.45, 7) is 9.77. The molecule has 1 amide bonds. The number of amidine groups is 1. The standard InChI is InChI=1S/C26H35Cl2N7O2/c1-16-24-25(35(32-16)17(2)21-7-6-20(27)11-22(21)28)31-23(12-30-24)34-14-19(15-34)18-5-4-9-33(13-18)10-8-29-26(36)37-3/h6-7,11-12,17-19,24,30H,4-5,8-10,13-15H2,1-3H3,(H,29,36). The van der Waals surface area contributed by atoms with Crippen LogP contribution < -0.4 is 10.6 Å². The van der Waals surface area contributed by atoms with Crippen LogP contribution in [0.5, 0.6) is 0 Å².